The third-order valence-corrected chi connectivity index (χ3v) is 5.03. The molecule has 1 aromatic heterocycles. The molecule has 0 aliphatic heterocycles. The van der Waals surface area contributed by atoms with Gasteiger partial charge in [-0.1, -0.05) is 24.3 Å². The molecule has 2 amide bonds. The summed E-state index contributed by atoms with van der Waals surface area (Å²) in [7, 11) is 0. The van der Waals surface area contributed by atoms with Gasteiger partial charge < -0.3 is 10.6 Å². The Balaban J connectivity index is 1.48. The molecule has 0 bridgehead atoms. The lowest BCUT2D eigenvalue weighted by atomic mass is 10.2. The van der Waals surface area contributed by atoms with Gasteiger partial charge in [-0.2, -0.15) is 0 Å². The van der Waals surface area contributed by atoms with Crippen LogP contribution in [-0.2, 0) is 0 Å². The molecule has 0 unspecified atom stereocenters. The molecule has 4 aromatic rings. The smallest absolute Gasteiger partial charge is 0.308 e. The number of anilines is 2. The van der Waals surface area contributed by atoms with Gasteiger partial charge in [-0.15, -0.1) is 11.3 Å². The lowest BCUT2D eigenvalue weighted by Gasteiger charge is -2.07. The van der Waals surface area contributed by atoms with Crippen LogP contribution in [0, 0.1) is 6.92 Å². The number of thiazole rings is 1. The molecule has 26 heavy (non-hydrogen) atoms. The average Bonchev–Trinajstić information content (AvgIpc) is 3.06. The molecule has 4 rings (SSSR count). The molecule has 4 nitrogen and oxygen atoms in total. The summed E-state index contributed by atoms with van der Waals surface area (Å²) >= 11 is 1.68. The number of hydrogen-bond acceptors (Lipinski definition) is 3. The molecule has 0 saturated heterocycles. The Morgan fingerprint density at radius 1 is 0.885 bits per heavy atom. The molecule has 5 heteroatoms. The zero-order valence-corrected chi connectivity index (χ0v) is 15.0. The number of aryl methyl sites for hydroxylation is 1. The number of fused-ring (bicyclic) bond motifs is 1. The van der Waals surface area contributed by atoms with Crippen LogP contribution in [0.4, 0.5) is 16.2 Å². The van der Waals surface area contributed by atoms with E-state index in [-0.39, 0.29) is 6.03 Å². The lowest BCUT2D eigenvalue weighted by Crippen LogP contribution is -2.19. The van der Waals surface area contributed by atoms with E-state index in [1.54, 1.807) is 11.3 Å². The van der Waals surface area contributed by atoms with Crippen molar-refractivity contribution in [2.24, 2.45) is 0 Å². The average molecular weight is 359 g/mol. The Bertz CT molecular complexity index is 1060. The second-order valence-corrected chi connectivity index (χ2v) is 7.04. The molecule has 2 N–H and O–H groups in total. The van der Waals surface area contributed by atoms with E-state index in [2.05, 4.69) is 40.7 Å². The maximum Gasteiger partial charge on any atom is 0.323 e. The van der Waals surface area contributed by atoms with E-state index >= 15 is 0 Å². The first-order valence-electron chi connectivity index (χ1n) is 8.28. The standard InChI is InChI=1S/C21H17N3OS/c1-14-7-12-18-19(13-14)26-20(24-18)15-8-10-17(11-9-15)23-21(25)22-16-5-3-2-4-6-16/h2-13H,1H3,(H2,22,23,25). The van der Waals surface area contributed by atoms with Gasteiger partial charge in [-0.25, -0.2) is 9.78 Å². The van der Waals surface area contributed by atoms with Crippen molar-refractivity contribution < 1.29 is 4.79 Å². The minimum atomic E-state index is -0.264. The fourth-order valence-corrected chi connectivity index (χ4v) is 3.74. The van der Waals surface area contributed by atoms with Crippen molar-refractivity contribution in [3.63, 3.8) is 0 Å². The van der Waals surface area contributed by atoms with Gasteiger partial charge in [0.15, 0.2) is 0 Å². The van der Waals surface area contributed by atoms with Gasteiger partial charge in [0.2, 0.25) is 0 Å². The van der Waals surface area contributed by atoms with Crippen LogP contribution in [0.3, 0.4) is 0 Å². The summed E-state index contributed by atoms with van der Waals surface area (Å²) in [6.45, 7) is 2.08. The summed E-state index contributed by atoms with van der Waals surface area (Å²) in [6.07, 6.45) is 0. The number of benzene rings is 3. The van der Waals surface area contributed by atoms with E-state index in [1.165, 1.54) is 10.3 Å². The Morgan fingerprint density at radius 2 is 1.58 bits per heavy atom. The van der Waals surface area contributed by atoms with Crippen LogP contribution < -0.4 is 10.6 Å². The number of nitrogens with one attached hydrogen (secondary N) is 2. The van der Waals surface area contributed by atoms with Crippen LogP contribution >= 0.6 is 11.3 Å². The Morgan fingerprint density at radius 3 is 2.31 bits per heavy atom. The summed E-state index contributed by atoms with van der Waals surface area (Å²) in [6, 6.07) is 23.1. The van der Waals surface area contributed by atoms with Crippen LogP contribution in [-0.4, -0.2) is 11.0 Å². The topological polar surface area (TPSA) is 54.0 Å². The van der Waals surface area contributed by atoms with Crippen molar-refractivity contribution in [1.29, 1.82) is 0 Å². The number of carbonyl (C=O) groups excluding carboxylic acids is 1. The number of rotatable bonds is 3. The summed E-state index contributed by atoms with van der Waals surface area (Å²) in [5.74, 6) is 0. The predicted octanol–water partition coefficient (Wildman–Crippen LogP) is 5.92. The molecule has 1 heterocycles. The molecule has 0 spiro atoms. The first kappa shape index (κ1) is 16.3. The molecule has 0 radical (unpaired) electrons. The fourth-order valence-electron chi connectivity index (χ4n) is 2.67. The highest BCUT2D eigenvalue weighted by molar-refractivity contribution is 7.21. The van der Waals surface area contributed by atoms with Crippen LogP contribution in [0.2, 0.25) is 0 Å². The van der Waals surface area contributed by atoms with Crippen LogP contribution in [0.5, 0.6) is 0 Å². The monoisotopic (exact) mass is 359 g/mol. The van der Waals surface area contributed by atoms with Crippen molar-refractivity contribution in [2.45, 2.75) is 6.92 Å². The van der Waals surface area contributed by atoms with Gasteiger partial charge in [0.1, 0.15) is 5.01 Å². The van der Waals surface area contributed by atoms with Gasteiger partial charge in [0, 0.05) is 16.9 Å². The summed E-state index contributed by atoms with van der Waals surface area (Å²) in [5.41, 5.74) is 4.78. The van der Waals surface area contributed by atoms with Crippen molar-refractivity contribution in [3.8, 4) is 10.6 Å². The van der Waals surface area contributed by atoms with E-state index < -0.39 is 0 Å². The fraction of sp³-hybridized carbons (Fsp3) is 0.0476. The molecule has 0 atom stereocenters. The molecular weight excluding hydrogens is 342 g/mol. The van der Waals surface area contributed by atoms with E-state index in [4.69, 9.17) is 0 Å². The van der Waals surface area contributed by atoms with Crippen molar-refractivity contribution in [2.75, 3.05) is 10.6 Å². The van der Waals surface area contributed by atoms with E-state index in [0.29, 0.717) is 0 Å². The number of amides is 2. The highest BCUT2D eigenvalue weighted by Gasteiger charge is 2.07. The van der Waals surface area contributed by atoms with Gasteiger partial charge in [0.25, 0.3) is 0 Å². The highest BCUT2D eigenvalue weighted by atomic mass is 32.1. The number of urea groups is 1. The molecule has 3 aromatic carbocycles. The first-order valence-corrected chi connectivity index (χ1v) is 9.10. The summed E-state index contributed by atoms with van der Waals surface area (Å²) in [4.78, 5) is 16.7. The van der Waals surface area contributed by atoms with Gasteiger partial charge in [-0.05, 0) is 61.0 Å². The number of hydrogen-bond donors (Lipinski definition) is 2. The molecular formula is C21H17N3OS. The number of nitrogens with zero attached hydrogens (tertiary/aromatic N) is 1. The number of carbonyl (C=O) groups is 1. The van der Waals surface area contributed by atoms with Crippen molar-refractivity contribution in [3.05, 3.63) is 78.4 Å². The van der Waals surface area contributed by atoms with Crippen LogP contribution in [0.1, 0.15) is 5.56 Å². The zero-order chi connectivity index (χ0) is 17.9. The Hall–Kier alpha value is -3.18. The van der Waals surface area contributed by atoms with Gasteiger partial charge in [0.05, 0.1) is 10.2 Å². The highest BCUT2D eigenvalue weighted by Crippen LogP contribution is 2.31. The first-order chi connectivity index (χ1) is 12.7. The quantitative estimate of drug-likeness (QED) is 0.477. The summed E-state index contributed by atoms with van der Waals surface area (Å²) in [5, 5.41) is 6.61. The largest absolute Gasteiger partial charge is 0.323 e. The van der Waals surface area contributed by atoms with E-state index in [9.17, 15) is 4.79 Å². The van der Waals surface area contributed by atoms with Crippen molar-refractivity contribution in [1.82, 2.24) is 4.98 Å². The molecule has 0 fully saturated rings. The van der Waals surface area contributed by atoms with Crippen molar-refractivity contribution >= 4 is 39.0 Å². The second-order valence-electron chi connectivity index (χ2n) is 6.01. The van der Waals surface area contributed by atoms with Gasteiger partial charge >= 0.3 is 6.03 Å². The Kier molecular flexibility index (Phi) is 4.37. The van der Waals surface area contributed by atoms with Crippen LogP contribution in [0.25, 0.3) is 20.8 Å². The molecule has 0 aliphatic carbocycles. The molecule has 128 valence electrons. The summed E-state index contributed by atoms with van der Waals surface area (Å²) < 4.78 is 1.18. The SMILES string of the molecule is Cc1ccc2nc(-c3ccc(NC(=O)Nc4ccccc4)cc3)sc2c1. The minimum Gasteiger partial charge on any atom is -0.308 e. The molecule has 0 aliphatic rings. The van der Waals surface area contributed by atoms with Gasteiger partial charge in [-0.3, -0.25) is 0 Å². The molecule has 0 saturated carbocycles. The predicted molar refractivity (Wildman–Crippen MR) is 109 cm³/mol. The third-order valence-electron chi connectivity index (χ3n) is 3.97. The third kappa shape index (κ3) is 3.58. The van der Waals surface area contributed by atoms with E-state index in [1.807, 2.05) is 54.6 Å². The number of para-hydroxylation sites is 1. The normalized spacial score (nSPS) is 10.7. The number of aromatic nitrogens is 1. The second kappa shape index (κ2) is 6.98. The van der Waals surface area contributed by atoms with Crippen LogP contribution in [0.15, 0.2) is 72.8 Å². The zero-order valence-electron chi connectivity index (χ0n) is 14.2. The maximum absolute atomic E-state index is 12.1. The van der Waals surface area contributed by atoms with E-state index in [0.717, 1.165) is 27.5 Å². The lowest BCUT2D eigenvalue weighted by molar-refractivity contribution is 0.262. The minimum absolute atomic E-state index is 0.264. The Labute approximate surface area is 155 Å². The maximum atomic E-state index is 12.1.